The zero-order valence-corrected chi connectivity index (χ0v) is 17.9. The molecule has 0 aliphatic heterocycles. The summed E-state index contributed by atoms with van der Waals surface area (Å²) in [4.78, 5) is 13.7. The third-order valence-electron chi connectivity index (χ3n) is 5.15. The molecule has 0 bridgehead atoms. The fraction of sp³-hybridized carbons (Fsp3) is 0.870. The van der Waals surface area contributed by atoms with E-state index in [0.717, 1.165) is 13.0 Å². The van der Waals surface area contributed by atoms with Crippen LogP contribution in [0.5, 0.6) is 0 Å². The summed E-state index contributed by atoms with van der Waals surface area (Å²) in [6.45, 7) is 9.78. The number of hydrogen-bond donors (Lipinski definition) is 1. The van der Waals surface area contributed by atoms with E-state index in [4.69, 9.17) is 5.11 Å². The SMILES string of the molecule is CCCCCCCCN(CCC=C(CC)C(=O)O)CCCCCCCC. The lowest BCUT2D eigenvalue weighted by molar-refractivity contribution is -0.132. The molecule has 0 aromatic carbocycles. The Kier molecular flexibility index (Phi) is 18.3. The van der Waals surface area contributed by atoms with Gasteiger partial charge in [-0.3, -0.25) is 0 Å². The van der Waals surface area contributed by atoms with Gasteiger partial charge in [0, 0.05) is 12.1 Å². The Bertz CT molecular complexity index is 336. The molecule has 26 heavy (non-hydrogen) atoms. The van der Waals surface area contributed by atoms with Crippen molar-refractivity contribution in [2.24, 2.45) is 0 Å². The highest BCUT2D eigenvalue weighted by atomic mass is 16.4. The van der Waals surface area contributed by atoms with Crippen LogP contribution in [0.3, 0.4) is 0 Å². The molecule has 0 fully saturated rings. The van der Waals surface area contributed by atoms with Crippen LogP contribution >= 0.6 is 0 Å². The minimum Gasteiger partial charge on any atom is -0.478 e. The Morgan fingerprint density at radius 3 is 1.62 bits per heavy atom. The normalized spacial score (nSPS) is 12.1. The monoisotopic (exact) mass is 367 g/mol. The molecule has 0 aliphatic carbocycles. The summed E-state index contributed by atoms with van der Waals surface area (Å²) in [5.74, 6) is -0.758. The van der Waals surface area contributed by atoms with E-state index in [2.05, 4.69) is 18.7 Å². The molecule has 3 nitrogen and oxygen atoms in total. The van der Waals surface area contributed by atoms with Crippen molar-refractivity contribution >= 4 is 5.97 Å². The fourth-order valence-corrected chi connectivity index (χ4v) is 3.37. The summed E-state index contributed by atoms with van der Waals surface area (Å²) < 4.78 is 0. The van der Waals surface area contributed by atoms with E-state index in [-0.39, 0.29) is 0 Å². The number of rotatable bonds is 19. The highest BCUT2D eigenvalue weighted by molar-refractivity contribution is 5.86. The molecule has 0 atom stereocenters. The van der Waals surface area contributed by atoms with Gasteiger partial charge in [-0.2, -0.15) is 0 Å². The smallest absolute Gasteiger partial charge is 0.331 e. The molecule has 0 spiro atoms. The Hall–Kier alpha value is -0.830. The average Bonchev–Trinajstić information content (AvgIpc) is 2.63. The van der Waals surface area contributed by atoms with Gasteiger partial charge >= 0.3 is 5.97 Å². The second kappa shape index (κ2) is 18.9. The van der Waals surface area contributed by atoms with Crippen LogP contribution in [-0.4, -0.2) is 35.6 Å². The summed E-state index contributed by atoms with van der Waals surface area (Å²) in [5, 5.41) is 9.14. The molecule has 1 N–H and O–H groups in total. The average molecular weight is 368 g/mol. The zero-order chi connectivity index (χ0) is 19.5. The topological polar surface area (TPSA) is 40.5 Å². The van der Waals surface area contributed by atoms with Crippen LogP contribution in [0.1, 0.15) is 111 Å². The summed E-state index contributed by atoms with van der Waals surface area (Å²) in [5.41, 5.74) is 0.559. The molecule has 0 heterocycles. The molecule has 0 saturated heterocycles. The molecule has 0 rings (SSSR count). The van der Waals surface area contributed by atoms with Crippen LogP contribution in [0, 0.1) is 0 Å². The zero-order valence-electron chi connectivity index (χ0n) is 17.9. The van der Waals surface area contributed by atoms with Crippen molar-refractivity contribution in [2.45, 2.75) is 111 Å². The molecule has 154 valence electrons. The third kappa shape index (κ3) is 15.4. The maximum Gasteiger partial charge on any atom is 0.331 e. The predicted molar refractivity (Wildman–Crippen MR) is 114 cm³/mol. The highest BCUT2D eigenvalue weighted by Crippen LogP contribution is 2.10. The Balaban J connectivity index is 4.15. The minimum absolute atomic E-state index is 0.559. The number of aliphatic carboxylic acids is 1. The number of unbranched alkanes of at least 4 members (excludes halogenated alkanes) is 10. The van der Waals surface area contributed by atoms with Crippen molar-refractivity contribution in [2.75, 3.05) is 19.6 Å². The largest absolute Gasteiger partial charge is 0.478 e. The number of carbonyl (C=O) groups is 1. The molecule has 0 radical (unpaired) electrons. The van der Waals surface area contributed by atoms with Crippen LogP contribution in [0.4, 0.5) is 0 Å². The standard InChI is InChI=1S/C23H45NO2/c1-4-7-9-11-13-15-19-24(20-16-14-12-10-8-5-2)21-17-18-22(6-3)23(25)26/h18H,4-17,19-21H2,1-3H3,(H,25,26). The van der Waals surface area contributed by atoms with E-state index in [1.54, 1.807) is 0 Å². The molecule has 0 amide bonds. The first-order valence-electron chi connectivity index (χ1n) is 11.3. The van der Waals surface area contributed by atoms with E-state index >= 15 is 0 Å². The van der Waals surface area contributed by atoms with Crippen LogP contribution in [0.25, 0.3) is 0 Å². The van der Waals surface area contributed by atoms with E-state index in [1.807, 2.05) is 13.0 Å². The Morgan fingerprint density at radius 2 is 1.19 bits per heavy atom. The van der Waals surface area contributed by atoms with E-state index < -0.39 is 5.97 Å². The first-order valence-corrected chi connectivity index (χ1v) is 11.3. The first kappa shape index (κ1) is 25.2. The van der Waals surface area contributed by atoms with Gasteiger partial charge in [0.2, 0.25) is 0 Å². The lowest BCUT2D eigenvalue weighted by atomic mass is 10.1. The lowest BCUT2D eigenvalue weighted by Crippen LogP contribution is -2.27. The van der Waals surface area contributed by atoms with Crippen LogP contribution < -0.4 is 0 Å². The van der Waals surface area contributed by atoms with E-state index in [9.17, 15) is 4.79 Å². The summed E-state index contributed by atoms with van der Waals surface area (Å²) in [6.07, 6.45) is 19.4. The Labute approximate surface area is 163 Å². The quantitative estimate of drug-likeness (QED) is 0.201. The number of carboxylic acid groups (broad SMARTS) is 1. The molecule has 0 aliphatic rings. The summed E-state index contributed by atoms with van der Waals surface area (Å²) in [7, 11) is 0. The third-order valence-corrected chi connectivity index (χ3v) is 5.15. The first-order chi connectivity index (χ1) is 12.7. The van der Waals surface area contributed by atoms with Crippen molar-refractivity contribution < 1.29 is 9.90 Å². The van der Waals surface area contributed by atoms with Gasteiger partial charge in [0.15, 0.2) is 0 Å². The van der Waals surface area contributed by atoms with Crippen molar-refractivity contribution in [1.82, 2.24) is 4.90 Å². The summed E-state index contributed by atoms with van der Waals surface area (Å²) >= 11 is 0. The lowest BCUT2D eigenvalue weighted by Gasteiger charge is -2.22. The second-order valence-electron chi connectivity index (χ2n) is 7.55. The van der Waals surface area contributed by atoms with Crippen LogP contribution in [0.15, 0.2) is 11.6 Å². The number of nitrogens with zero attached hydrogens (tertiary/aromatic N) is 1. The van der Waals surface area contributed by atoms with Gasteiger partial charge < -0.3 is 10.0 Å². The van der Waals surface area contributed by atoms with Crippen molar-refractivity contribution in [1.29, 1.82) is 0 Å². The predicted octanol–water partition coefficient (Wildman–Crippen LogP) is 6.82. The van der Waals surface area contributed by atoms with Gasteiger partial charge in [-0.15, -0.1) is 0 Å². The van der Waals surface area contributed by atoms with Gasteiger partial charge in [0.25, 0.3) is 0 Å². The van der Waals surface area contributed by atoms with Crippen LogP contribution in [0.2, 0.25) is 0 Å². The van der Waals surface area contributed by atoms with Crippen LogP contribution in [-0.2, 0) is 4.79 Å². The minimum atomic E-state index is -0.758. The molecular weight excluding hydrogens is 322 g/mol. The van der Waals surface area contributed by atoms with Gasteiger partial charge in [-0.1, -0.05) is 91.1 Å². The molecule has 0 aromatic rings. The second-order valence-corrected chi connectivity index (χ2v) is 7.55. The highest BCUT2D eigenvalue weighted by Gasteiger charge is 2.07. The van der Waals surface area contributed by atoms with Crippen molar-refractivity contribution in [3.63, 3.8) is 0 Å². The van der Waals surface area contributed by atoms with Gasteiger partial charge in [-0.25, -0.2) is 4.79 Å². The van der Waals surface area contributed by atoms with Gasteiger partial charge in [0.1, 0.15) is 0 Å². The molecule has 3 heteroatoms. The summed E-state index contributed by atoms with van der Waals surface area (Å²) in [6, 6.07) is 0. The maximum absolute atomic E-state index is 11.1. The van der Waals surface area contributed by atoms with E-state index in [0.29, 0.717) is 12.0 Å². The molecule has 0 unspecified atom stereocenters. The van der Waals surface area contributed by atoms with Crippen molar-refractivity contribution in [3.05, 3.63) is 11.6 Å². The van der Waals surface area contributed by atoms with Crippen molar-refractivity contribution in [3.8, 4) is 0 Å². The number of carboxylic acids is 1. The van der Waals surface area contributed by atoms with Gasteiger partial charge in [-0.05, 0) is 38.8 Å². The molecular formula is C23H45NO2. The van der Waals surface area contributed by atoms with Gasteiger partial charge in [0.05, 0.1) is 0 Å². The maximum atomic E-state index is 11.1. The Morgan fingerprint density at radius 1 is 0.731 bits per heavy atom. The molecule has 0 aromatic heterocycles. The molecule has 0 saturated carbocycles. The van der Waals surface area contributed by atoms with E-state index in [1.165, 1.54) is 90.1 Å². The fourth-order valence-electron chi connectivity index (χ4n) is 3.37. The number of hydrogen-bond acceptors (Lipinski definition) is 2.